The Labute approximate surface area is 120 Å². The van der Waals surface area contributed by atoms with Crippen LogP contribution >= 0.6 is 0 Å². The molecule has 112 valence electrons. The van der Waals surface area contributed by atoms with Gasteiger partial charge in [0.15, 0.2) is 0 Å². The molecule has 0 radical (unpaired) electrons. The van der Waals surface area contributed by atoms with Gasteiger partial charge in [-0.25, -0.2) is 8.78 Å². The van der Waals surface area contributed by atoms with E-state index in [4.69, 9.17) is 5.26 Å². The minimum atomic E-state index is -3.44. The molecule has 1 saturated heterocycles. The number of carbonyl (C=O) groups is 1. The second-order valence-electron chi connectivity index (χ2n) is 4.88. The molecule has 2 rings (SSSR count). The third-order valence-electron chi connectivity index (χ3n) is 3.48. The molecule has 0 aromatic heterocycles. The molecule has 1 aliphatic heterocycles. The van der Waals surface area contributed by atoms with Crippen molar-refractivity contribution in [3.63, 3.8) is 0 Å². The maximum absolute atomic E-state index is 13.9. The minimum absolute atomic E-state index is 0.0989. The molecular formula is C14H14F2N2O3. The van der Waals surface area contributed by atoms with Gasteiger partial charge in [0.05, 0.1) is 25.3 Å². The number of piperidine rings is 1. The number of esters is 1. The van der Waals surface area contributed by atoms with E-state index in [0.29, 0.717) is 11.3 Å². The highest BCUT2D eigenvalue weighted by Gasteiger charge is 2.52. The number of benzene rings is 1. The van der Waals surface area contributed by atoms with Crippen molar-refractivity contribution in [2.24, 2.45) is 5.92 Å². The zero-order valence-electron chi connectivity index (χ0n) is 11.3. The molecule has 1 aromatic rings. The van der Waals surface area contributed by atoms with Gasteiger partial charge in [-0.15, -0.1) is 0 Å². The molecule has 1 heterocycles. The van der Waals surface area contributed by atoms with Gasteiger partial charge < -0.3 is 14.7 Å². The van der Waals surface area contributed by atoms with Gasteiger partial charge in [0.2, 0.25) is 0 Å². The van der Waals surface area contributed by atoms with E-state index < -0.39 is 30.5 Å². The van der Waals surface area contributed by atoms with E-state index in [-0.39, 0.29) is 6.54 Å². The van der Waals surface area contributed by atoms with E-state index >= 15 is 0 Å². The Kier molecular flexibility index (Phi) is 4.09. The maximum Gasteiger partial charge on any atom is 0.313 e. The van der Waals surface area contributed by atoms with Crippen molar-refractivity contribution in [2.45, 2.75) is 12.0 Å². The molecule has 0 bridgehead atoms. The van der Waals surface area contributed by atoms with E-state index in [0.717, 1.165) is 7.11 Å². The predicted octanol–water partition coefficient (Wildman–Crippen LogP) is 1.16. The largest absolute Gasteiger partial charge is 0.469 e. The first-order valence-corrected chi connectivity index (χ1v) is 6.28. The highest BCUT2D eigenvalue weighted by Crippen LogP contribution is 2.34. The number of carbonyl (C=O) groups excluding carboxylic acids is 1. The fourth-order valence-electron chi connectivity index (χ4n) is 2.37. The number of aliphatic hydroxyl groups is 1. The number of aliphatic hydroxyl groups excluding tert-OH is 1. The Hall–Kier alpha value is -2.20. The van der Waals surface area contributed by atoms with Gasteiger partial charge in [-0.2, -0.15) is 5.26 Å². The van der Waals surface area contributed by atoms with Crippen LogP contribution in [-0.2, 0) is 9.53 Å². The lowest BCUT2D eigenvalue weighted by Crippen LogP contribution is -2.59. The molecule has 7 heteroatoms. The Morgan fingerprint density at radius 2 is 2.29 bits per heavy atom. The fourth-order valence-corrected chi connectivity index (χ4v) is 2.37. The minimum Gasteiger partial charge on any atom is -0.469 e. The van der Waals surface area contributed by atoms with E-state index in [1.54, 1.807) is 18.2 Å². The van der Waals surface area contributed by atoms with E-state index in [1.165, 1.54) is 11.0 Å². The second-order valence-corrected chi connectivity index (χ2v) is 4.88. The molecule has 2 atom stereocenters. The lowest BCUT2D eigenvalue weighted by atomic mass is 9.91. The predicted molar refractivity (Wildman–Crippen MR) is 69.8 cm³/mol. The number of ether oxygens (including phenoxy) is 1. The summed E-state index contributed by atoms with van der Waals surface area (Å²) >= 11 is 0. The number of alkyl halides is 2. The summed E-state index contributed by atoms with van der Waals surface area (Å²) in [5, 5.41) is 18.5. The lowest BCUT2D eigenvalue weighted by Gasteiger charge is -2.41. The van der Waals surface area contributed by atoms with Gasteiger partial charge in [-0.1, -0.05) is 6.07 Å². The normalized spacial score (nSPS) is 24.2. The number of hydrogen-bond donors (Lipinski definition) is 1. The number of hydrogen-bond acceptors (Lipinski definition) is 5. The molecule has 1 fully saturated rings. The van der Waals surface area contributed by atoms with E-state index in [1.807, 2.05) is 6.07 Å². The van der Waals surface area contributed by atoms with Crippen LogP contribution in [0.5, 0.6) is 0 Å². The SMILES string of the molecule is COC(=O)C1CN(c2cccc(C#N)c2)CC(F)(F)C1O. The zero-order valence-corrected chi connectivity index (χ0v) is 11.3. The number of nitriles is 1. The summed E-state index contributed by atoms with van der Waals surface area (Å²) in [6.07, 6.45) is -2.08. The van der Waals surface area contributed by atoms with Crippen molar-refractivity contribution in [3.8, 4) is 6.07 Å². The Balaban J connectivity index is 2.32. The number of nitrogens with zero attached hydrogens (tertiary/aromatic N) is 2. The average molecular weight is 296 g/mol. The lowest BCUT2D eigenvalue weighted by molar-refractivity contribution is -0.171. The van der Waals surface area contributed by atoms with Gasteiger partial charge in [-0.3, -0.25) is 4.79 Å². The molecule has 0 saturated carbocycles. The van der Waals surface area contributed by atoms with Crippen molar-refractivity contribution in [1.82, 2.24) is 0 Å². The first-order valence-electron chi connectivity index (χ1n) is 6.28. The molecule has 21 heavy (non-hydrogen) atoms. The summed E-state index contributed by atoms with van der Waals surface area (Å²) in [7, 11) is 1.09. The maximum atomic E-state index is 13.9. The first kappa shape index (κ1) is 15.2. The smallest absolute Gasteiger partial charge is 0.313 e. The number of anilines is 1. The van der Waals surface area contributed by atoms with Gasteiger partial charge in [0.25, 0.3) is 5.92 Å². The number of methoxy groups -OCH3 is 1. The van der Waals surface area contributed by atoms with E-state index in [9.17, 15) is 18.7 Å². The molecule has 1 aliphatic rings. The summed E-state index contributed by atoms with van der Waals surface area (Å²) in [5.41, 5.74) is 0.728. The van der Waals surface area contributed by atoms with Gasteiger partial charge in [-0.05, 0) is 18.2 Å². The third kappa shape index (κ3) is 2.95. The Morgan fingerprint density at radius 1 is 1.57 bits per heavy atom. The molecule has 0 spiro atoms. The molecule has 1 N–H and O–H groups in total. The highest BCUT2D eigenvalue weighted by molar-refractivity contribution is 5.74. The van der Waals surface area contributed by atoms with Crippen molar-refractivity contribution < 1.29 is 23.4 Å². The highest BCUT2D eigenvalue weighted by atomic mass is 19.3. The average Bonchev–Trinajstić information content (AvgIpc) is 2.49. The monoisotopic (exact) mass is 296 g/mol. The third-order valence-corrected chi connectivity index (χ3v) is 3.48. The van der Waals surface area contributed by atoms with Crippen molar-refractivity contribution in [3.05, 3.63) is 29.8 Å². The van der Waals surface area contributed by atoms with Crippen molar-refractivity contribution >= 4 is 11.7 Å². The summed E-state index contributed by atoms with van der Waals surface area (Å²) in [6, 6.07) is 8.09. The summed E-state index contributed by atoms with van der Waals surface area (Å²) in [6.45, 7) is -0.825. The quantitative estimate of drug-likeness (QED) is 0.829. The number of halogens is 2. The van der Waals surface area contributed by atoms with Crippen molar-refractivity contribution in [2.75, 3.05) is 25.1 Å². The van der Waals surface area contributed by atoms with Crippen LogP contribution in [0.2, 0.25) is 0 Å². The molecule has 2 unspecified atom stereocenters. The summed E-state index contributed by atoms with van der Waals surface area (Å²) in [5.74, 6) is -5.67. The van der Waals surface area contributed by atoms with Crippen LogP contribution in [0, 0.1) is 17.2 Å². The Bertz CT molecular complexity index is 586. The number of rotatable bonds is 2. The first-order chi connectivity index (χ1) is 9.89. The molecule has 0 aliphatic carbocycles. The van der Waals surface area contributed by atoms with Gasteiger partial charge in [0, 0.05) is 12.2 Å². The molecule has 5 nitrogen and oxygen atoms in total. The summed E-state index contributed by atoms with van der Waals surface area (Å²) in [4.78, 5) is 12.8. The molecule has 0 amide bonds. The molecule has 1 aromatic carbocycles. The van der Waals surface area contributed by atoms with Crippen LogP contribution in [0.15, 0.2) is 24.3 Å². The van der Waals surface area contributed by atoms with Crippen LogP contribution in [0.4, 0.5) is 14.5 Å². The fraction of sp³-hybridized carbons (Fsp3) is 0.429. The van der Waals surface area contributed by atoms with Crippen LogP contribution in [-0.4, -0.2) is 43.3 Å². The molecular weight excluding hydrogens is 282 g/mol. The summed E-state index contributed by atoms with van der Waals surface area (Å²) < 4.78 is 32.3. The van der Waals surface area contributed by atoms with Crippen molar-refractivity contribution in [1.29, 1.82) is 5.26 Å². The van der Waals surface area contributed by atoms with Crippen LogP contribution in [0.3, 0.4) is 0 Å². The zero-order chi connectivity index (χ0) is 15.6. The second kappa shape index (κ2) is 5.66. The van der Waals surface area contributed by atoms with Gasteiger partial charge >= 0.3 is 5.97 Å². The Morgan fingerprint density at radius 3 is 2.90 bits per heavy atom. The topological polar surface area (TPSA) is 73.6 Å². The van der Waals surface area contributed by atoms with Crippen LogP contribution < -0.4 is 4.90 Å². The standard InChI is InChI=1S/C14H14F2N2O3/c1-21-13(20)11-7-18(8-14(15,16)12(11)19)10-4-2-3-9(5-10)6-17/h2-5,11-12,19H,7-8H2,1H3. The van der Waals surface area contributed by atoms with Crippen LogP contribution in [0.1, 0.15) is 5.56 Å². The van der Waals surface area contributed by atoms with E-state index in [2.05, 4.69) is 4.74 Å². The van der Waals surface area contributed by atoms with Gasteiger partial charge in [0.1, 0.15) is 12.0 Å². The van der Waals surface area contributed by atoms with Crippen LogP contribution in [0.25, 0.3) is 0 Å².